The van der Waals surface area contributed by atoms with Gasteiger partial charge in [0.25, 0.3) is 0 Å². The SMILES string of the molecule is CCC(CC)(Cc1ccc(C(=O)Oc2ccc(C(=N)N)cc2F)s1)C(=O)Nc1ccc(O)c(C(=O)O)c1.Cl. The molecule has 0 aliphatic rings. The maximum Gasteiger partial charge on any atom is 0.353 e. The topological polar surface area (TPSA) is 163 Å². The molecular formula is C26H27ClFN3O6S. The number of nitrogens with one attached hydrogen (secondary N) is 2. The summed E-state index contributed by atoms with van der Waals surface area (Å²) in [5.41, 5.74) is 4.55. The highest BCUT2D eigenvalue weighted by atomic mass is 35.5. The number of thiophene rings is 1. The van der Waals surface area contributed by atoms with Crippen molar-refractivity contribution in [3.63, 3.8) is 0 Å². The predicted octanol–water partition coefficient (Wildman–Crippen LogP) is 5.20. The molecule has 38 heavy (non-hydrogen) atoms. The van der Waals surface area contributed by atoms with E-state index in [2.05, 4.69) is 5.32 Å². The van der Waals surface area contributed by atoms with Crippen LogP contribution in [0.4, 0.5) is 10.1 Å². The number of aromatic carboxylic acids is 1. The highest BCUT2D eigenvalue weighted by Crippen LogP contribution is 2.36. The van der Waals surface area contributed by atoms with Gasteiger partial charge in [-0.2, -0.15) is 0 Å². The molecule has 0 fully saturated rings. The van der Waals surface area contributed by atoms with E-state index in [1.807, 2.05) is 13.8 Å². The van der Waals surface area contributed by atoms with E-state index in [1.165, 1.54) is 36.4 Å². The number of carbonyl (C=O) groups is 3. The van der Waals surface area contributed by atoms with Gasteiger partial charge < -0.3 is 26.0 Å². The Morgan fingerprint density at radius 2 is 1.79 bits per heavy atom. The van der Waals surface area contributed by atoms with E-state index in [-0.39, 0.29) is 51.6 Å². The molecule has 1 heterocycles. The molecule has 12 heteroatoms. The monoisotopic (exact) mass is 563 g/mol. The first kappa shape index (κ1) is 30.3. The van der Waals surface area contributed by atoms with Crippen LogP contribution < -0.4 is 15.8 Å². The maximum absolute atomic E-state index is 14.2. The van der Waals surface area contributed by atoms with E-state index in [9.17, 15) is 29.0 Å². The molecule has 202 valence electrons. The van der Waals surface area contributed by atoms with Crippen molar-refractivity contribution in [2.24, 2.45) is 11.1 Å². The smallest absolute Gasteiger partial charge is 0.353 e. The number of carboxylic acid groups (broad SMARTS) is 1. The largest absolute Gasteiger partial charge is 0.507 e. The Morgan fingerprint density at radius 1 is 1.11 bits per heavy atom. The lowest BCUT2D eigenvalue weighted by molar-refractivity contribution is -0.126. The lowest BCUT2D eigenvalue weighted by Gasteiger charge is -2.30. The minimum absolute atomic E-state index is 0. The van der Waals surface area contributed by atoms with Gasteiger partial charge >= 0.3 is 11.9 Å². The van der Waals surface area contributed by atoms with E-state index in [0.717, 1.165) is 22.3 Å². The lowest BCUT2D eigenvalue weighted by Crippen LogP contribution is -2.37. The van der Waals surface area contributed by atoms with Crippen molar-refractivity contribution in [3.05, 3.63) is 75.2 Å². The zero-order valence-corrected chi connectivity index (χ0v) is 22.2. The van der Waals surface area contributed by atoms with E-state index in [1.54, 1.807) is 6.07 Å². The van der Waals surface area contributed by atoms with E-state index in [0.29, 0.717) is 19.3 Å². The van der Waals surface area contributed by atoms with Gasteiger partial charge in [-0.3, -0.25) is 10.2 Å². The van der Waals surface area contributed by atoms with Crippen LogP contribution in [0.2, 0.25) is 0 Å². The van der Waals surface area contributed by atoms with Crippen LogP contribution in [0, 0.1) is 16.6 Å². The normalized spacial score (nSPS) is 10.8. The predicted molar refractivity (Wildman–Crippen MR) is 144 cm³/mol. The number of nitrogen functional groups attached to an aromatic ring is 1. The Bertz CT molecular complexity index is 1370. The molecule has 0 aliphatic carbocycles. The number of amides is 1. The molecule has 0 saturated carbocycles. The number of aromatic hydroxyl groups is 1. The second-order valence-corrected chi connectivity index (χ2v) is 9.54. The molecule has 0 saturated heterocycles. The van der Waals surface area contributed by atoms with Gasteiger partial charge in [-0.05, 0) is 67.8 Å². The van der Waals surface area contributed by atoms with Gasteiger partial charge in [-0.1, -0.05) is 13.8 Å². The standard InChI is InChI=1S/C26H26FN3O6S.ClH/c1-3-26(4-2,25(35)30-15-6-8-19(31)17(12-15)23(32)33)13-16-7-10-21(37-16)24(34)36-20-9-5-14(22(28)29)11-18(20)27;/h5-12,31H,3-4,13H2,1-2H3,(H3,28,29)(H,30,35)(H,32,33);1H. The van der Waals surface area contributed by atoms with Crippen LogP contribution in [-0.2, 0) is 11.2 Å². The fourth-order valence-electron chi connectivity index (χ4n) is 3.77. The molecule has 6 N–H and O–H groups in total. The minimum atomic E-state index is -1.32. The van der Waals surface area contributed by atoms with Crippen LogP contribution in [0.25, 0.3) is 0 Å². The van der Waals surface area contributed by atoms with Crippen molar-refractivity contribution < 1.29 is 33.7 Å². The number of carbonyl (C=O) groups excluding carboxylic acids is 2. The molecule has 3 rings (SSSR count). The average Bonchev–Trinajstić information content (AvgIpc) is 3.33. The van der Waals surface area contributed by atoms with Crippen LogP contribution in [-0.4, -0.2) is 33.9 Å². The summed E-state index contributed by atoms with van der Waals surface area (Å²) < 4.78 is 19.4. The van der Waals surface area contributed by atoms with E-state index < -0.39 is 28.9 Å². The number of benzene rings is 2. The molecule has 0 spiro atoms. The fourth-order valence-corrected chi connectivity index (χ4v) is 4.80. The van der Waals surface area contributed by atoms with E-state index in [4.69, 9.17) is 15.9 Å². The molecule has 0 radical (unpaired) electrons. The lowest BCUT2D eigenvalue weighted by atomic mass is 9.77. The molecule has 0 atom stereocenters. The van der Waals surface area contributed by atoms with Crippen molar-refractivity contribution in [2.45, 2.75) is 33.1 Å². The Kier molecular flexibility index (Phi) is 9.97. The number of rotatable bonds is 10. The summed E-state index contributed by atoms with van der Waals surface area (Å²) >= 11 is 1.12. The second-order valence-electron chi connectivity index (χ2n) is 8.37. The van der Waals surface area contributed by atoms with Crippen molar-refractivity contribution in [3.8, 4) is 11.5 Å². The minimum Gasteiger partial charge on any atom is -0.507 e. The number of anilines is 1. The van der Waals surface area contributed by atoms with Crippen molar-refractivity contribution in [1.82, 2.24) is 0 Å². The summed E-state index contributed by atoms with van der Waals surface area (Å²) in [5.74, 6) is -4.26. The summed E-state index contributed by atoms with van der Waals surface area (Å²) in [6.45, 7) is 3.72. The highest BCUT2D eigenvalue weighted by Gasteiger charge is 2.36. The number of hydrogen-bond donors (Lipinski definition) is 5. The Hall–Kier alpha value is -3.96. The van der Waals surface area contributed by atoms with Gasteiger partial charge in [0.2, 0.25) is 5.91 Å². The third kappa shape index (κ3) is 6.67. The molecule has 0 unspecified atom stereocenters. The van der Waals surface area contributed by atoms with Gasteiger partial charge in [0.15, 0.2) is 11.6 Å². The van der Waals surface area contributed by atoms with E-state index >= 15 is 0 Å². The van der Waals surface area contributed by atoms with Crippen molar-refractivity contribution in [2.75, 3.05) is 5.32 Å². The number of nitrogens with two attached hydrogens (primary N) is 1. The summed E-state index contributed by atoms with van der Waals surface area (Å²) in [4.78, 5) is 38.1. The van der Waals surface area contributed by atoms with Gasteiger partial charge in [-0.15, -0.1) is 23.7 Å². The molecule has 9 nitrogen and oxygen atoms in total. The number of hydrogen-bond acceptors (Lipinski definition) is 7. The number of halogens is 2. The summed E-state index contributed by atoms with van der Waals surface area (Å²) in [6, 6.07) is 10.6. The molecule has 1 aromatic heterocycles. The summed E-state index contributed by atoms with van der Waals surface area (Å²) in [7, 11) is 0. The maximum atomic E-state index is 14.2. The molecule has 0 aliphatic heterocycles. The van der Waals surface area contributed by atoms with Gasteiger partial charge in [-0.25, -0.2) is 14.0 Å². The number of phenols is 1. The number of ether oxygens (including phenoxy) is 1. The zero-order valence-electron chi connectivity index (χ0n) is 20.5. The Balaban J connectivity index is 0.00000507. The van der Waals surface area contributed by atoms with Gasteiger partial charge in [0.1, 0.15) is 22.0 Å². The first-order valence-corrected chi connectivity index (χ1v) is 12.1. The van der Waals surface area contributed by atoms with Crippen molar-refractivity contribution >= 4 is 53.1 Å². The third-order valence-electron chi connectivity index (χ3n) is 6.14. The molecule has 1 amide bonds. The molecule has 3 aromatic rings. The number of amidine groups is 1. The first-order chi connectivity index (χ1) is 17.5. The van der Waals surface area contributed by atoms with Crippen LogP contribution in [0.5, 0.6) is 11.5 Å². The zero-order chi connectivity index (χ0) is 27.3. The molecule has 0 bridgehead atoms. The van der Waals surface area contributed by atoms with Crippen LogP contribution in [0.3, 0.4) is 0 Å². The van der Waals surface area contributed by atoms with Crippen LogP contribution >= 0.6 is 23.7 Å². The molecular weight excluding hydrogens is 537 g/mol. The fraction of sp³-hybridized carbons (Fsp3) is 0.231. The van der Waals surface area contributed by atoms with Gasteiger partial charge in [0, 0.05) is 16.1 Å². The number of esters is 1. The first-order valence-electron chi connectivity index (χ1n) is 11.3. The Labute approximate surface area is 228 Å². The van der Waals surface area contributed by atoms with Crippen molar-refractivity contribution in [1.29, 1.82) is 5.41 Å². The third-order valence-corrected chi connectivity index (χ3v) is 7.21. The molecule has 2 aromatic carbocycles. The Morgan fingerprint density at radius 3 is 2.37 bits per heavy atom. The average molecular weight is 564 g/mol. The number of carboxylic acids is 1. The quantitative estimate of drug-likeness (QED) is 0.0743. The summed E-state index contributed by atoms with van der Waals surface area (Å²) in [6.07, 6.45) is 1.23. The van der Waals surface area contributed by atoms with Crippen LogP contribution in [0.15, 0.2) is 48.5 Å². The second kappa shape index (κ2) is 12.5. The highest BCUT2D eigenvalue weighted by molar-refractivity contribution is 7.14. The summed E-state index contributed by atoms with van der Waals surface area (Å²) in [5, 5.41) is 29.0. The van der Waals surface area contributed by atoms with Crippen LogP contribution in [0.1, 0.15) is 57.2 Å². The van der Waals surface area contributed by atoms with Gasteiger partial charge in [0.05, 0.1) is 5.41 Å².